The average Bonchev–Trinajstić information content (AvgIpc) is 2.26. The van der Waals surface area contributed by atoms with Crippen molar-refractivity contribution in [1.29, 1.82) is 0 Å². The van der Waals surface area contributed by atoms with Crippen molar-refractivity contribution >= 4 is 11.8 Å². The molecule has 0 aliphatic carbocycles. The first-order valence-electron chi connectivity index (χ1n) is 5.44. The molecular formula is C12H16F3NS. The fourth-order valence-electron chi connectivity index (χ4n) is 1.47. The molecule has 1 rings (SSSR count). The molecule has 1 nitrogen and oxygen atoms in total. The van der Waals surface area contributed by atoms with Crippen LogP contribution in [0, 0.1) is 5.92 Å². The maximum absolute atomic E-state index is 12.1. The zero-order chi connectivity index (χ0) is 13.1. The third kappa shape index (κ3) is 4.60. The fourth-order valence-corrected chi connectivity index (χ4v) is 2.01. The van der Waals surface area contributed by atoms with Gasteiger partial charge in [0.2, 0.25) is 0 Å². The highest BCUT2D eigenvalue weighted by atomic mass is 32.2. The summed E-state index contributed by atoms with van der Waals surface area (Å²) < 4.78 is 36.4. The Bertz CT molecular complexity index is 348. The molecule has 0 aromatic heterocycles. The van der Waals surface area contributed by atoms with Gasteiger partial charge >= 0.3 is 5.51 Å². The van der Waals surface area contributed by atoms with Crippen molar-refractivity contribution in [3.8, 4) is 0 Å². The van der Waals surface area contributed by atoms with Crippen molar-refractivity contribution in [2.75, 3.05) is 0 Å². The van der Waals surface area contributed by atoms with Gasteiger partial charge in [0.25, 0.3) is 0 Å². The standard InChI is InChI=1S/C12H16F3NS/c1-3-8(2)11(16)9-4-6-10(7-5-9)17-12(13,14)15/h4-8,11H,3,16H2,1-2H3/t8?,11-/m1/s1. The van der Waals surface area contributed by atoms with Crippen LogP contribution in [0.3, 0.4) is 0 Å². The van der Waals surface area contributed by atoms with Crippen LogP contribution in [-0.4, -0.2) is 5.51 Å². The molecule has 0 spiro atoms. The molecule has 5 heteroatoms. The molecule has 1 aromatic carbocycles. The molecular weight excluding hydrogens is 247 g/mol. The number of hydrogen-bond donors (Lipinski definition) is 1. The van der Waals surface area contributed by atoms with E-state index in [0.717, 1.165) is 12.0 Å². The van der Waals surface area contributed by atoms with Crippen molar-refractivity contribution in [3.05, 3.63) is 29.8 Å². The van der Waals surface area contributed by atoms with Crippen LogP contribution in [0.1, 0.15) is 31.9 Å². The minimum Gasteiger partial charge on any atom is -0.324 e. The molecule has 0 amide bonds. The molecule has 0 saturated heterocycles. The normalized spacial score (nSPS) is 15.6. The van der Waals surface area contributed by atoms with Crippen molar-refractivity contribution in [1.82, 2.24) is 0 Å². The monoisotopic (exact) mass is 263 g/mol. The Kier molecular flexibility index (Phi) is 4.89. The number of benzene rings is 1. The maximum Gasteiger partial charge on any atom is 0.446 e. The van der Waals surface area contributed by atoms with Crippen LogP contribution in [0.4, 0.5) is 13.2 Å². The van der Waals surface area contributed by atoms with E-state index in [9.17, 15) is 13.2 Å². The Balaban J connectivity index is 2.74. The van der Waals surface area contributed by atoms with Gasteiger partial charge in [0.1, 0.15) is 0 Å². The lowest BCUT2D eigenvalue weighted by atomic mass is 9.93. The average molecular weight is 263 g/mol. The molecule has 17 heavy (non-hydrogen) atoms. The topological polar surface area (TPSA) is 26.0 Å². The molecule has 0 saturated carbocycles. The third-order valence-electron chi connectivity index (χ3n) is 2.76. The third-order valence-corrected chi connectivity index (χ3v) is 3.49. The molecule has 0 bridgehead atoms. The van der Waals surface area contributed by atoms with Crippen LogP contribution in [-0.2, 0) is 0 Å². The first-order valence-corrected chi connectivity index (χ1v) is 6.26. The zero-order valence-corrected chi connectivity index (χ0v) is 10.6. The van der Waals surface area contributed by atoms with Crippen molar-refractivity contribution < 1.29 is 13.2 Å². The lowest BCUT2D eigenvalue weighted by Crippen LogP contribution is -2.18. The Morgan fingerprint density at radius 1 is 1.24 bits per heavy atom. The van der Waals surface area contributed by atoms with Crippen LogP contribution in [0.2, 0.25) is 0 Å². The first-order chi connectivity index (χ1) is 7.83. The van der Waals surface area contributed by atoms with E-state index in [1.165, 1.54) is 12.1 Å². The minimum atomic E-state index is -4.24. The number of alkyl halides is 3. The van der Waals surface area contributed by atoms with Gasteiger partial charge in [-0.3, -0.25) is 0 Å². The Labute approximate surface area is 104 Å². The molecule has 0 radical (unpaired) electrons. The lowest BCUT2D eigenvalue weighted by Gasteiger charge is -2.18. The van der Waals surface area contributed by atoms with Crippen LogP contribution < -0.4 is 5.73 Å². The summed E-state index contributed by atoms with van der Waals surface area (Å²) >= 11 is -0.106. The predicted octanol–water partition coefficient (Wildman–Crippen LogP) is 4.34. The number of thioether (sulfide) groups is 1. The van der Waals surface area contributed by atoms with Gasteiger partial charge in [0.15, 0.2) is 0 Å². The van der Waals surface area contributed by atoms with Gasteiger partial charge in [-0.25, -0.2) is 0 Å². The van der Waals surface area contributed by atoms with Crippen LogP contribution in [0.5, 0.6) is 0 Å². The van der Waals surface area contributed by atoms with Gasteiger partial charge in [0, 0.05) is 10.9 Å². The van der Waals surface area contributed by atoms with E-state index in [1.807, 2.05) is 13.8 Å². The molecule has 2 N–H and O–H groups in total. The summed E-state index contributed by atoms with van der Waals surface area (Å²) in [5, 5.41) is 0. The summed E-state index contributed by atoms with van der Waals surface area (Å²) in [4.78, 5) is 0.192. The number of halogens is 3. The maximum atomic E-state index is 12.1. The molecule has 1 unspecified atom stereocenters. The molecule has 0 heterocycles. The SMILES string of the molecule is CCC(C)[C@@H](N)c1ccc(SC(F)(F)F)cc1. The van der Waals surface area contributed by atoms with E-state index in [-0.39, 0.29) is 22.7 Å². The van der Waals surface area contributed by atoms with Crippen molar-refractivity contribution in [2.45, 2.75) is 36.7 Å². The Morgan fingerprint density at radius 2 is 1.76 bits per heavy atom. The second-order valence-corrected chi connectivity index (χ2v) is 5.17. The summed E-state index contributed by atoms with van der Waals surface area (Å²) in [5.74, 6) is 0.316. The van der Waals surface area contributed by atoms with Crippen LogP contribution in [0.25, 0.3) is 0 Å². The second kappa shape index (κ2) is 5.78. The second-order valence-electron chi connectivity index (χ2n) is 4.03. The minimum absolute atomic E-state index is 0.106. The Morgan fingerprint density at radius 3 is 2.18 bits per heavy atom. The van der Waals surface area contributed by atoms with Gasteiger partial charge in [-0.1, -0.05) is 32.4 Å². The van der Waals surface area contributed by atoms with Gasteiger partial charge in [-0.05, 0) is 35.4 Å². The van der Waals surface area contributed by atoms with E-state index in [2.05, 4.69) is 0 Å². The van der Waals surface area contributed by atoms with Gasteiger partial charge < -0.3 is 5.73 Å². The number of nitrogens with two attached hydrogens (primary N) is 1. The van der Waals surface area contributed by atoms with Gasteiger partial charge in [0.05, 0.1) is 0 Å². The van der Waals surface area contributed by atoms with E-state index in [0.29, 0.717) is 5.92 Å². The number of rotatable bonds is 4. The van der Waals surface area contributed by atoms with Crippen LogP contribution >= 0.6 is 11.8 Å². The van der Waals surface area contributed by atoms with Gasteiger partial charge in [-0.2, -0.15) is 13.2 Å². The highest BCUT2D eigenvalue weighted by Crippen LogP contribution is 2.37. The molecule has 0 aliphatic heterocycles. The van der Waals surface area contributed by atoms with E-state index >= 15 is 0 Å². The molecule has 2 atom stereocenters. The largest absolute Gasteiger partial charge is 0.446 e. The summed E-state index contributed by atoms with van der Waals surface area (Å²) in [6, 6.07) is 6.16. The molecule has 96 valence electrons. The highest BCUT2D eigenvalue weighted by Gasteiger charge is 2.29. The highest BCUT2D eigenvalue weighted by molar-refractivity contribution is 8.00. The smallest absolute Gasteiger partial charge is 0.324 e. The molecule has 1 aromatic rings. The predicted molar refractivity (Wildman–Crippen MR) is 64.7 cm³/mol. The van der Waals surface area contributed by atoms with E-state index < -0.39 is 5.51 Å². The quantitative estimate of drug-likeness (QED) is 0.817. The summed E-state index contributed by atoms with van der Waals surface area (Å²) in [5.41, 5.74) is 2.64. The van der Waals surface area contributed by atoms with Crippen LogP contribution in [0.15, 0.2) is 29.2 Å². The van der Waals surface area contributed by atoms with Gasteiger partial charge in [-0.15, -0.1) is 0 Å². The van der Waals surface area contributed by atoms with E-state index in [1.54, 1.807) is 12.1 Å². The van der Waals surface area contributed by atoms with Crippen molar-refractivity contribution in [3.63, 3.8) is 0 Å². The Hall–Kier alpha value is -0.680. The summed E-state index contributed by atoms with van der Waals surface area (Å²) in [6.07, 6.45) is 0.945. The summed E-state index contributed by atoms with van der Waals surface area (Å²) in [7, 11) is 0. The van der Waals surface area contributed by atoms with Crippen molar-refractivity contribution in [2.24, 2.45) is 11.7 Å². The molecule has 0 aliphatic rings. The molecule has 0 fully saturated rings. The van der Waals surface area contributed by atoms with E-state index in [4.69, 9.17) is 5.73 Å². The summed E-state index contributed by atoms with van der Waals surface area (Å²) in [6.45, 7) is 4.07. The fraction of sp³-hybridized carbons (Fsp3) is 0.500. The first kappa shape index (κ1) is 14.4. The lowest BCUT2D eigenvalue weighted by molar-refractivity contribution is -0.0328. The number of hydrogen-bond acceptors (Lipinski definition) is 2. The zero-order valence-electron chi connectivity index (χ0n) is 9.79.